The number of benzene rings is 2. The van der Waals surface area contributed by atoms with Gasteiger partial charge in [0, 0.05) is 17.4 Å². The fourth-order valence-electron chi connectivity index (χ4n) is 2.32. The van der Waals surface area contributed by atoms with Crippen molar-refractivity contribution in [1.82, 2.24) is 0 Å². The first-order valence-corrected chi connectivity index (χ1v) is 5.52. The van der Waals surface area contributed by atoms with Crippen molar-refractivity contribution in [2.24, 2.45) is 0 Å². The molecule has 0 saturated heterocycles. The van der Waals surface area contributed by atoms with Crippen molar-refractivity contribution in [3.63, 3.8) is 0 Å². The highest BCUT2D eigenvalue weighted by Gasteiger charge is 2.21. The highest BCUT2D eigenvalue weighted by atomic mass is 35.5. The minimum absolute atomic E-state index is 0.0171. The Labute approximate surface area is 97.5 Å². The molecule has 0 amide bonds. The number of phenols is 1. The van der Waals surface area contributed by atoms with Crippen LogP contribution in [0.4, 0.5) is 0 Å². The summed E-state index contributed by atoms with van der Waals surface area (Å²) in [7, 11) is 0. The first-order valence-electron chi connectivity index (χ1n) is 5.15. The Morgan fingerprint density at radius 1 is 1.25 bits per heavy atom. The third-order valence-electron chi connectivity index (χ3n) is 3.08. The van der Waals surface area contributed by atoms with E-state index in [2.05, 4.69) is 0 Å². The second-order valence-electron chi connectivity index (χ2n) is 4.02. The number of rotatable bonds is 0. The molecular weight excluding hydrogens is 224 g/mol. The molecule has 0 unspecified atom stereocenters. The molecule has 0 heterocycles. The van der Waals surface area contributed by atoms with Gasteiger partial charge in [0.25, 0.3) is 0 Å². The van der Waals surface area contributed by atoms with Crippen LogP contribution in [0.5, 0.6) is 5.75 Å². The molecule has 0 saturated carbocycles. The molecule has 2 aromatic carbocycles. The number of carbonyl (C=O) groups excluding carboxylic acids is 1. The van der Waals surface area contributed by atoms with Crippen LogP contribution in [-0.2, 0) is 6.42 Å². The average Bonchev–Trinajstić information content (AvgIpc) is 2.29. The lowest BCUT2D eigenvalue weighted by atomic mass is 9.87. The average molecular weight is 233 g/mol. The monoisotopic (exact) mass is 232 g/mol. The first kappa shape index (κ1) is 9.67. The van der Waals surface area contributed by atoms with Gasteiger partial charge in [0.05, 0.1) is 5.02 Å². The molecule has 80 valence electrons. The van der Waals surface area contributed by atoms with Gasteiger partial charge in [0.15, 0.2) is 5.78 Å². The number of aryl methyl sites for hydroxylation is 1. The van der Waals surface area contributed by atoms with Gasteiger partial charge in [-0.1, -0.05) is 29.8 Å². The van der Waals surface area contributed by atoms with E-state index in [0.29, 0.717) is 17.0 Å². The smallest absolute Gasteiger partial charge is 0.163 e. The largest absolute Gasteiger partial charge is 0.506 e. The molecule has 0 radical (unpaired) electrons. The Morgan fingerprint density at radius 3 is 2.88 bits per heavy atom. The molecule has 3 heteroatoms. The van der Waals surface area contributed by atoms with Gasteiger partial charge in [-0.2, -0.15) is 0 Å². The van der Waals surface area contributed by atoms with Crippen LogP contribution in [0.3, 0.4) is 0 Å². The van der Waals surface area contributed by atoms with Crippen molar-refractivity contribution < 1.29 is 9.90 Å². The van der Waals surface area contributed by atoms with E-state index in [9.17, 15) is 9.90 Å². The fraction of sp³-hybridized carbons (Fsp3) is 0.154. The standard InChI is InChI=1S/C13H9ClO2/c14-13-8-3-1-2-7-4-5-10(15)9(12(7)8)6-11(13)16/h1-3,6,16H,4-5H2. The number of carbonyl (C=O) groups is 1. The molecular formula is C13H9ClO2. The van der Waals surface area contributed by atoms with Crippen molar-refractivity contribution >= 4 is 28.2 Å². The van der Waals surface area contributed by atoms with Crippen molar-refractivity contribution in [2.45, 2.75) is 12.8 Å². The molecule has 0 aromatic heterocycles. The first-order chi connectivity index (χ1) is 7.68. The molecule has 16 heavy (non-hydrogen) atoms. The van der Waals surface area contributed by atoms with Crippen LogP contribution in [0.25, 0.3) is 10.8 Å². The molecule has 1 aliphatic rings. The number of hydrogen-bond acceptors (Lipinski definition) is 2. The highest BCUT2D eigenvalue weighted by Crippen LogP contribution is 2.39. The predicted octanol–water partition coefficient (Wildman–Crippen LogP) is 3.33. The predicted molar refractivity (Wildman–Crippen MR) is 63.3 cm³/mol. The topological polar surface area (TPSA) is 37.3 Å². The van der Waals surface area contributed by atoms with Crippen molar-refractivity contribution in [3.8, 4) is 5.75 Å². The molecule has 0 fully saturated rings. The summed E-state index contributed by atoms with van der Waals surface area (Å²) in [6.07, 6.45) is 1.26. The lowest BCUT2D eigenvalue weighted by Crippen LogP contribution is -2.09. The summed E-state index contributed by atoms with van der Waals surface area (Å²) < 4.78 is 0. The second-order valence-corrected chi connectivity index (χ2v) is 4.40. The van der Waals surface area contributed by atoms with Crippen LogP contribution in [0.15, 0.2) is 24.3 Å². The van der Waals surface area contributed by atoms with Gasteiger partial charge in [-0.25, -0.2) is 0 Å². The summed E-state index contributed by atoms with van der Waals surface area (Å²) in [5, 5.41) is 11.7. The lowest BCUT2D eigenvalue weighted by molar-refractivity contribution is 0.0981. The normalized spacial score (nSPS) is 14.4. The van der Waals surface area contributed by atoms with Gasteiger partial charge >= 0.3 is 0 Å². The van der Waals surface area contributed by atoms with Crippen LogP contribution >= 0.6 is 11.6 Å². The van der Waals surface area contributed by atoms with Gasteiger partial charge < -0.3 is 5.11 Å². The summed E-state index contributed by atoms with van der Waals surface area (Å²) in [4.78, 5) is 11.8. The quantitative estimate of drug-likeness (QED) is 0.757. The number of hydrogen-bond donors (Lipinski definition) is 1. The molecule has 1 N–H and O–H groups in total. The summed E-state index contributed by atoms with van der Waals surface area (Å²) in [6, 6.07) is 7.23. The summed E-state index contributed by atoms with van der Waals surface area (Å²) in [6.45, 7) is 0. The Morgan fingerprint density at radius 2 is 2.06 bits per heavy atom. The van der Waals surface area contributed by atoms with Gasteiger partial charge in [0.2, 0.25) is 0 Å². The van der Waals surface area contributed by atoms with Gasteiger partial charge in [-0.3, -0.25) is 4.79 Å². The lowest BCUT2D eigenvalue weighted by Gasteiger charge is -2.17. The summed E-state index contributed by atoms with van der Waals surface area (Å²) in [5.41, 5.74) is 1.73. The maximum Gasteiger partial charge on any atom is 0.163 e. The Kier molecular flexibility index (Phi) is 1.95. The molecule has 0 spiro atoms. The van der Waals surface area contributed by atoms with Crippen LogP contribution in [-0.4, -0.2) is 10.9 Å². The second kappa shape index (κ2) is 3.22. The zero-order chi connectivity index (χ0) is 11.3. The number of halogens is 1. The van der Waals surface area contributed by atoms with Crippen LogP contribution < -0.4 is 0 Å². The molecule has 0 bridgehead atoms. The number of phenolic OH excluding ortho intramolecular Hbond substituents is 1. The highest BCUT2D eigenvalue weighted by molar-refractivity contribution is 6.38. The molecule has 0 aliphatic heterocycles. The fourth-order valence-corrected chi connectivity index (χ4v) is 2.53. The summed E-state index contributed by atoms with van der Waals surface area (Å²) >= 11 is 6.04. The van der Waals surface area contributed by atoms with Gasteiger partial charge in [-0.15, -0.1) is 0 Å². The van der Waals surface area contributed by atoms with E-state index < -0.39 is 0 Å². The van der Waals surface area contributed by atoms with Crippen LogP contribution in [0.1, 0.15) is 22.3 Å². The minimum atomic E-state index is -0.0171. The third kappa shape index (κ3) is 1.17. The van der Waals surface area contributed by atoms with Crippen molar-refractivity contribution in [1.29, 1.82) is 0 Å². The Balaban J connectivity index is 2.55. The van der Waals surface area contributed by atoms with E-state index in [1.807, 2.05) is 18.2 Å². The van der Waals surface area contributed by atoms with Crippen LogP contribution in [0, 0.1) is 0 Å². The van der Waals surface area contributed by atoms with Gasteiger partial charge in [0.1, 0.15) is 5.75 Å². The maximum atomic E-state index is 11.8. The molecule has 2 nitrogen and oxygen atoms in total. The zero-order valence-corrected chi connectivity index (χ0v) is 9.21. The number of ketones is 1. The van der Waals surface area contributed by atoms with Crippen molar-refractivity contribution in [2.75, 3.05) is 0 Å². The maximum absolute atomic E-state index is 11.8. The van der Waals surface area contributed by atoms with E-state index in [1.165, 1.54) is 6.07 Å². The Hall–Kier alpha value is -1.54. The Bertz CT molecular complexity index is 617. The van der Waals surface area contributed by atoms with E-state index >= 15 is 0 Å². The number of Topliss-reactive ketones (excluding diaryl/α,β-unsaturated/α-hetero) is 1. The zero-order valence-electron chi connectivity index (χ0n) is 8.46. The van der Waals surface area contributed by atoms with E-state index in [0.717, 1.165) is 22.8 Å². The summed E-state index contributed by atoms with van der Waals surface area (Å²) in [5.74, 6) is 0.0623. The minimum Gasteiger partial charge on any atom is -0.506 e. The van der Waals surface area contributed by atoms with E-state index in [4.69, 9.17) is 11.6 Å². The van der Waals surface area contributed by atoms with Crippen molar-refractivity contribution in [3.05, 3.63) is 40.4 Å². The molecule has 0 atom stereocenters. The molecule has 1 aliphatic carbocycles. The third-order valence-corrected chi connectivity index (χ3v) is 3.48. The SMILES string of the molecule is O=C1CCc2cccc3c(Cl)c(O)cc1c23. The van der Waals surface area contributed by atoms with Crippen LogP contribution in [0.2, 0.25) is 5.02 Å². The molecule has 2 aromatic rings. The molecule has 3 rings (SSSR count). The van der Waals surface area contributed by atoms with E-state index in [-0.39, 0.29) is 11.5 Å². The van der Waals surface area contributed by atoms with Gasteiger partial charge in [-0.05, 0) is 23.4 Å². The number of aromatic hydroxyl groups is 1. The van der Waals surface area contributed by atoms with E-state index in [1.54, 1.807) is 0 Å².